The first-order valence-corrected chi connectivity index (χ1v) is 7.17. The van der Waals surface area contributed by atoms with Gasteiger partial charge in [0.25, 0.3) is 0 Å². The van der Waals surface area contributed by atoms with E-state index in [9.17, 15) is 0 Å². The number of ether oxygens (including phenoxy) is 1. The van der Waals surface area contributed by atoms with Crippen LogP contribution in [0.2, 0.25) is 0 Å². The van der Waals surface area contributed by atoms with E-state index in [4.69, 9.17) is 4.74 Å². The van der Waals surface area contributed by atoms with Crippen LogP contribution in [0.4, 0.5) is 0 Å². The molecule has 0 aliphatic heterocycles. The summed E-state index contributed by atoms with van der Waals surface area (Å²) in [6.45, 7) is 6.08. The summed E-state index contributed by atoms with van der Waals surface area (Å²) in [6, 6.07) is 10.4. The van der Waals surface area contributed by atoms with Crippen molar-refractivity contribution in [2.75, 3.05) is 7.11 Å². The van der Waals surface area contributed by atoms with Gasteiger partial charge in [0.15, 0.2) is 0 Å². The van der Waals surface area contributed by atoms with Gasteiger partial charge in [-0.05, 0) is 43.7 Å². The Morgan fingerprint density at radius 2 is 2.12 bits per heavy atom. The van der Waals surface area contributed by atoms with Gasteiger partial charge in [0.05, 0.1) is 7.11 Å². The van der Waals surface area contributed by atoms with E-state index in [0.29, 0.717) is 0 Å². The fourth-order valence-corrected chi connectivity index (χ4v) is 3.57. The van der Waals surface area contributed by atoms with Crippen LogP contribution in [0.15, 0.2) is 35.2 Å². The lowest BCUT2D eigenvalue weighted by molar-refractivity contribution is 0.404. The van der Waals surface area contributed by atoms with E-state index < -0.39 is 0 Å². The van der Waals surface area contributed by atoms with Gasteiger partial charge in [0.2, 0.25) is 0 Å². The molecule has 0 aliphatic rings. The predicted molar refractivity (Wildman–Crippen MR) is 76.1 cm³/mol. The standard InChI is InChI=1S/C14H15OS2/c1-10-4-7-13(15-3)14(8-10)16-9-12-6-5-11(2)17-12/h4-8H,1,9H2,2-3H3. The van der Waals surface area contributed by atoms with Crippen LogP contribution in [0.1, 0.15) is 15.3 Å². The summed E-state index contributed by atoms with van der Waals surface area (Å²) in [5.74, 6) is 1.91. The van der Waals surface area contributed by atoms with Crippen LogP contribution < -0.4 is 4.74 Å². The van der Waals surface area contributed by atoms with E-state index >= 15 is 0 Å². The van der Waals surface area contributed by atoms with Crippen LogP contribution in [0.25, 0.3) is 0 Å². The Kier molecular flexibility index (Phi) is 4.13. The Morgan fingerprint density at radius 3 is 2.76 bits per heavy atom. The van der Waals surface area contributed by atoms with Crippen molar-refractivity contribution >= 4 is 23.1 Å². The van der Waals surface area contributed by atoms with Crippen LogP contribution in [-0.4, -0.2) is 7.11 Å². The molecule has 1 nitrogen and oxygen atoms in total. The predicted octanol–water partition coefficient (Wildman–Crippen LogP) is 4.54. The first-order valence-electron chi connectivity index (χ1n) is 5.37. The van der Waals surface area contributed by atoms with Crippen LogP contribution in [-0.2, 0) is 5.75 Å². The van der Waals surface area contributed by atoms with Gasteiger partial charge in [0.1, 0.15) is 5.75 Å². The third-order valence-corrected chi connectivity index (χ3v) is 4.66. The maximum Gasteiger partial charge on any atom is 0.132 e. The van der Waals surface area contributed by atoms with Crippen LogP contribution in [0.5, 0.6) is 5.75 Å². The molecule has 0 amide bonds. The Balaban J connectivity index is 2.10. The highest BCUT2D eigenvalue weighted by Crippen LogP contribution is 2.33. The molecular formula is C14H15OS2. The van der Waals surface area contributed by atoms with Crippen LogP contribution in [0, 0.1) is 13.8 Å². The molecule has 0 saturated heterocycles. The summed E-state index contributed by atoms with van der Waals surface area (Å²) >= 11 is 3.65. The molecule has 0 fully saturated rings. The van der Waals surface area contributed by atoms with E-state index in [2.05, 4.69) is 32.0 Å². The smallest absolute Gasteiger partial charge is 0.132 e. The van der Waals surface area contributed by atoms with Crippen LogP contribution >= 0.6 is 23.1 Å². The molecule has 1 aromatic carbocycles. The Morgan fingerprint density at radius 1 is 1.29 bits per heavy atom. The second kappa shape index (κ2) is 5.61. The summed E-state index contributed by atoms with van der Waals surface area (Å²) < 4.78 is 5.35. The number of thioether (sulfide) groups is 1. The second-order valence-corrected chi connectivity index (χ2v) is 6.18. The number of aryl methyl sites for hydroxylation is 1. The first kappa shape index (κ1) is 12.5. The lowest BCUT2D eigenvalue weighted by atomic mass is 10.2. The molecular weight excluding hydrogens is 248 g/mol. The Hall–Kier alpha value is -0.930. The summed E-state index contributed by atoms with van der Waals surface area (Å²) in [5.41, 5.74) is 1.02. The van der Waals surface area contributed by atoms with Crippen molar-refractivity contribution in [3.8, 4) is 5.75 Å². The van der Waals surface area contributed by atoms with E-state index in [1.807, 2.05) is 23.5 Å². The van der Waals surface area contributed by atoms with Gasteiger partial charge in [-0.1, -0.05) is 6.07 Å². The fraction of sp³-hybridized carbons (Fsp3) is 0.214. The lowest BCUT2D eigenvalue weighted by Gasteiger charge is -2.08. The fourth-order valence-electron chi connectivity index (χ4n) is 1.55. The van der Waals surface area contributed by atoms with Gasteiger partial charge < -0.3 is 4.74 Å². The number of hydrogen-bond acceptors (Lipinski definition) is 3. The average molecular weight is 263 g/mol. The zero-order valence-corrected chi connectivity index (χ0v) is 11.7. The number of methoxy groups -OCH3 is 1. The van der Waals surface area contributed by atoms with Crippen molar-refractivity contribution in [3.63, 3.8) is 0 Å². The largest absolute Gasteiger partial charge is 0.496 e. The van der Waals surface area contributed by atoms with E-state index in [0.717, 1.165) is 22.0 Å². The highest BCUT2D eigenvalue weighted by Gasteiger charge is 2.05. The van der Waals surface area contributed by atoms with Crippen molar-refractivity contribution < 1.29 is 4.74 Å². The lowest BCUT2D eigenvalue weighted by Crippen LogP contribution is -1.87. The molecule has 0 bridgehead atoms. The quantitative estimate of drug-likeness (QED) is 0.749. The van der Waals surface area contributed by atoms with E-state index in [-0.39, 0.29) is 0 Å². The third-order valence-electron chi connectivity index (χ3n) is 2.39. The molecule has 0 N–H and O–H groups in total. The SMILES string of the molecule is [CH2]c1ccc(OC)c(SCc2ccc(C)s2)c1. The van der Waals surface area contributed by atoms with Crippen molar-refractivity contribution in [3.05, 3.63) is 52.6 Å². The summed E-state index contributed by atoms with van der Waals surface area (Å²) in [5, 5.41) is 0. The summed E-state index contributed by atoms with van der Waals surface area (Å²) in [6.07, 6.45) is 0. The minimum Gasteiger partial charge on any atom is -0.496 e. The van der Waals surface area contributed by atoms with Crippen molar-refractivity contribution in [1.29, 1.82) is 0 Å². The minimum absolute atomic E-state index is 0.927. The molecule has 0 aliphatic carbocycles. The normalized spacial score (nSPS) is 10.5. The maximum absolute atomic E-state index is 5.35. The zero-order chi connectivity index (χ0) is 12.3. The van der Waals surface area contributed by atoms with Crippen LogP contribution in [0.3, 0.4) is 0 Å². The van der Waals surface area contributed by atoms with Gasteiger partial charge in [-0.2, -0.15) is 0 Å². The molecule has 89 valence electrons. The van der Waals surface area contributed by atoms with Gasteiger partial charge in [0, 0.05) is 20.4 Å². The molecule has 3 heteroatoms. The van der Waals surface area contributed by atoms with Gasteiger partial charge >= 0.3 is 0 Å². The number of thiophene rings is 1. The maximum atomic E-state index is 5.35. The molecule has 0 atom stereocenters. The van der Waals surface area contributed by atoms with Gasteiger partial charge in [-0.25, -0.2) is 0 Å². The summed E-state index contributed by atoms with van der Waals surface area (Å²) in [7, 11) is 1.71. The third kappa shape index (κ3) is 3.27. The molecule has 1 radical (unpaired) electrons. The Bertz CT molecular complexity index is 503. The summed E-state index contributed by atoms with van der Waals surface area (Å²) in [4.78, 5) is 3.91. The second-order valence-electron chi connectivity index (χ2n) is 3.79. The topological polar surface area (TPSA) is 9.23 Å². The number of hydrogen-bond donors (Lipinski definition) is 0. The molecule has 2 rings (SSSR count). The Labute approximate surface area is 111 Å². The van der Waals surface area contributed by atoms with Gasteiger partial charge in [-0.3, -0.25) is 0 Å². The highest BCUT2D eigenvalue weighted by molar-refractivity contribution is 7.98. The van der Waals surface area contributed by atoms with Crippen molar-refractivity contribution in [1.82, 2.24) is 0 Å². The molecule has 1 aromatic heterocycles. The zero-order valence-electron chi connectivity index (χ0n) is 10.0. The molecule has 0 saturated carbocycles. The monoisotopic (exact) mass is 263 g/mol. The molecule has 2 aromatic rings. The van der Waals surface area contributed by atoms with E-state index in [1.165, 1.54) is 9.75 Å². The molecule has 1 heterocycles. The highest BCUT2D eigenvalue weighted by atomic mass is 32.2. The van der Waals surface area contributed by atoms with Crippen molar-refractivity contribution in [2.24, 2.45) is 0 Å². The number of rotatable bonds is 4. The average Bonchev–Trinajstić information content (AvgIpc) is 2.73. The molecule has 0 spiro atoms. The molecule has 0 unspecified atom stereocenters. The minimum atomic E-state index is 0.927. The van der Waals surface area contributed by atoms with Gasteiger partial charge in [-0.15, -0.1) is 23.1 Å². The van der Waals surface area contributed by atoms with E-state index in [1.54, 1.807) is 18.9 Å². The van der Waals surface area contributed by atoms with Crippen molar-refractivity contribution in [2.45, 2.75) is 17.6 Å². The number of benzene rings is 1. The first-order chi connectivity index (χ1) is 8.19. The molecule has 17 heavy (non-hydrogen) atoms.